The summed E-state index contributed by atoms with van der Waals surface area (Å²) in [5.74, 6) is 0.837. The van der Waals surface area contributed by atoms with Crippen LogP contribution in [0.2, 0.25) is 0 Å². The molecule has 0 saturated carbocycles. The maximum Gasteiger partial charge on any atom is 0.246 e. The number of furan rings is 1. The smallest absolute Gasteiger partial charge is 0.246 e. The molecule has 0 atom stereocenters. The van der Waals surface area contributed by atoms with Crippen LogP contribution in [0.3, 0.4) is 0 Å². The van der Waals surface area contributed by atoms with Crippen molar-refractivity contribution in [3.8, 4) is 28.3 Å². The molecule has 11 rings (SSSR count). The van der Waals surface area contributed by atoms with Gasteiger partial charge in [-0.3, -0.25) is 4.57 Å². The van der Waals surface area contributed by atoms with Gasteiger partial charge >= 0.3 is 0 Å². The van der Waals surface area contributed by atoms with Crippen LogP contribution < -0.4 is 5.32 Å². The zero-order chi connectivity index (χ0) is 32.8. The number of benzene rings is 6. The summed E-state index contributed by atoms with van der Waals surface area (Å²) < 4.78 is 8.54. The van der Waals surface area contributed by atoms with Gasteiger partial charge in [0.15, 0.2) is 0 Å². The molecule has 0 aliphatic carbocycles. The number of rotatable bonds is 3. The first-order valence-corrected chi connectivity index (χ1v) is 16.8. The molecule has 5 heterocycles. The minimum absolute atomic E-state index is 0.508. The van der Waals surface area contributed by atoms with Gasteiger partial charge < -0.3 is 9.73 Å². The molecule has 0 saturated heterocycles. The van der Waals surface area contributed by atoms with Crippen molar-refractivity contribution in [3.63, 3.8) is 0 Å². The average Bonchev–Trinajstić information content (AvgIpc) is 3.71. The molecule has 0 amide bonds. The third kappa shape index (κ3) is 3.99. The predicted octanol–water partition coefficient (Wildman–Crippen LogP) is 10.9. The Morgan fingerprint density at radius 2 is 1.40 bits per heavy atom. The Bertz CT molecular complexity index is 3040. The molecule has 1 aliphatic heterocycles. The first kappa shape index (κ1) is 27.2. The first-order valence-electron chi connectivity index (χ1n) is 16.8. The van der Waals surface area contributed by atoms with Gasteiger partial charge in [0.1, 0.15) is 22.6 Å². The van der Waals surface area contributed by atoms with E-state index in [2.05, 4.69) is 125 Å². The number of nitrogens with zero attached hydrogens (tertiary/aromatic N) is 4. The van der Waals surface area contributed by atoms with Crippen LogP contribution in [0.25, 0.3) is 100.0 Å². The molecule has 0 unspecified atom stereocenters. The van der Waals surface area contributed by atoms with Gasteiger partial charge in [-0.15, -0.1) is 0 Å². The molecule has 0 spiro atoms. The quantitative estimate of drug-likeness (QED) is 0.208. The van der Waals surface area contributed by atoms with Crippen molar-refractivity contribution < 1.29 is 4.42 Å². The van der Waals surface area contributed by atoms with Gasteiger partial charge in [-0.2, -0.15) is 0 Å². The van der Waals surface area contributed by atoms with Gasteiger partial charge in [0.2, 0.25) is 5.71 Å². The highest BCUT2D eigenvalue weighted by Gasteiger charge is 2.21. The Labute approximate surface area is 286 Å². The van der Waals surface area contributed by atoms with Crippen molar-refractivity contribution in [2.75, 3.05) is 11.9 Å². The van der Waals surface area contributed by atoms with Gasteiger partial charge in [-0.05, 0) is 64.2 Å². The molecule has 0 radical (unpaired) electrons. The van der Waals surface area contributed by atoms with Crippen LogP contribution in [-0.4, -0.2) is 26.1 Å². The van der Waals surface area contributed by atoms with E-state index in [1.54, 1.807) is 0 Å². The molecule has 0 bridgehead atoms. The highest BCUT2D eigenvalue weighted by Crippen LogP contribution is 2.40. The predicted molar refractivity (Wildman–Crippen MR) is 205 cm³/mol. The van der Waals surface area contributed by atoms with Crippen LogP contribution in [0.15, 0.2) is 144 Å². The average molecular weight is 642 g/mol. The minimum Gasteiger partial charge on any atom is -0.436 e. The molecule has 6 aromatic carbocycles. The second-order valence-electron chi connectivity index (χ2n) is 12.9. The molecule has 4 aromatic heterocycles. The van der Waals surface area contributed by atoms with Gasteiger partial charge in [0.25, 0.3) is 0 Å². The zero-order valence-electron chi connectivity index (χ0n) is 26.8. The van der Waals surface area contributed by atoms with Gasteiger partial charge in [0, 0.05) is 51.1 Å². The van der Waals surface area contributed by atoms with E-state index in [9.17, 15) is 0 Å². The highest BCUT2D eigenvalue weighted by molar-refractivity contribution is 6.20. The molecule has 234 valence electrons. The number of para-hydroxylation sites is 1. The highest BCUT2D eigenvalue weighted by atomic mass is 16.3. The van der Waals surface area contributed by atoms with Gasteiger partial charge in [0.05, 0.1) is 16.7 Å². The van der Waals surface area contributed by atoms with Crippen LogP contribution in [0.4, 0.5) is 5.69 Å². The number of hydrogen-bond donors (Lipinski definition) is 1. The third-order valence-electron chi connectivity index (χ3n) is 10.0. The van der Waals surface area contributed by atoms with Gasteiger partial charge in [-0.1, -0.05) is 97.1 Å². The largest absolute Gasteiger partial charge is 0.436 e. The summed E-state index contributed by atoms with van der Waals surface area (Å²) in [6.07, 6.45) is 6.20. The summed E-state index contributed by atoms with van der Waals surface area (Å²) in [5.41, 5.74) is 9.87. The minimum atomic E-state index is 0.508. The fourth-order valence-corrected chi connectivity index (χ4v) is 7.64. The Morgan fingerprint density at radius 3 is 2.28 bits per heavy atom. The fraction of sp³-hybridized carbons (Fsp3) is 0.0227. The molecule has 1 N–H and O–H groups in total. The van der Waals surface area contributed by atoms with Crippen LogP contribution >= 0.6 is 0 Å². The molecular formula is C44H27N5O. The Morgan fingerprint density at radius 1 is 0.620 bits per heavy atom. The number of pyridine rings is 1. The Kier molecular flexibility index (Phi) is 5.63. The molecule has 0 fully saturated rings. The first-order chi connectivity index (χ1) is 24.8. The lowest BCUT2D eigenvalue weighted by Crippen LogP contribution is -2.04. The lowest BCUT2D eigenvalue weighted by atomic mass is 10.0. The third-order valence-corrected chi connectivity index (χ3v) is 10.0. The summed E-state index contributed by atoms with van der Waals surface area (Å²) >= 11 is 0. The second-order valence-corrected chi connectivity index (χ2v) is 12.9. The topological polar surface area (TPSA) is 68.8 Å². The van der Waals surface area contributed by atoms with Gasteiger partial charge in [-0.25, -0.2) is 15.0 Å². The molecule has 50 heavy (non-hydrogen) atoms. The standard InChI is InChI=1S/C44H27N5O/c1-2-10-29-24-37-35(22-28(29)9-1)33-19-17-26-8-3-4-12-32(26)43(33)49(37)39-20-18-31(25-46-39)41-40(30-16-15-27-11-7-21-45-36(27)23-30)47-42-34-13-5-6-14-38(34)50-44(42)48-41/h1-20,22-25,45H,21H2. The van der Waals surface area contributed by atoms with Crippen LogP contribution in [0, 0.1) is 0 Å². The number of aromatic nitrogens is 4. The maximum atomic E-state index is 6.23. The van der Waals surface area contributed by atoms with E-state index >= 15 is 0 Å². The van der Waals surface area contributed by atoms with Crippen molar-refractivity contribution in [3.05, 3.63) is 145 Å². The van der Waals surface area contributed by atoms with Crippen molar-refractivity contribution >= 4 is 77.3 Å². The SMILES string of the molecule is C1=Cc2ccc(-c3nc4c(nc3-c3ccc(-n5c6cc7ccccc7cc6c6ccc7ccccc7c65)nc3)oc3ccccc34)cc2NC1. The van der Waals surface area contributed by atoms with E-state index in [0.29, 0.717) is 5.71 Å². The van der Waals surface area contributed by atoms with E-state index < -0.39 is 0 Å². The fourth-order valence-electron chi connectivity index (χ4n) is 7.64. The lowest BCUT2D eigenvalue weighted by Gasteiger charge is -2.15. The van der Waals surface area contributed by atoms with Crippen LogP contribution in [-0.2, 0) is 0 Å². The van der Waals surface area contributed by atoms with Crippen molar-refractivity contribution in [2.24, 2.45) is 0 Å². The Balaban J connectivity index is 1.14. The number of nitrogens with one attached hydrogen (secondary N) is 1. The molecule has 6 heteroatoms. The van der Waals surface area contributed by atoms with E-state index in [0.717, 1.165) is 73.6 Å². The van der Waals surface area contributed by atoms with E-state index in [1.807, 2.05) is 30.5 Å². The van der Waals surface area contributed by atoms with Crippen molar-refractivity contribution in [1.82, 2.24) is 19.5 Å². The maximum absolute atomic E-state index is 6.23. The van der Waals surface area contributed by atoms with Crippen molar-refractivity contribution in [2.45, 2.75) is 0 Å². The monoisotopic (exact) mass is 641 g/mol. The van der Waals surface area contributed by atoms with E-state index in [-0.39, 0.29) is 0 Å². The molecule has 6 nitrogen and oxygen atoms in total. The number of fused-ring (bicyclic) bond motifs is 10. The summed E-state index contributed by atoms with van der Waals surface area (Å²) in [7, 11) is 0. The van der Waals surface area contributed by atoms with E-state index in [4.69, 9.17) is 19.4 Å². The molecule has 10 aromatic rings. The van der Waals surface area contributed by atoms with E-state index in [1.165, 1.54) is 32.3 Å². The van der Waals surface area contributed by atoms with Crippen LogP contribution in [0.5, 0.6) is 0 Å². The van der Waals surface area contributed by atoms with Crippen LogP contribution in [0.1, 0.15) is 5.56 Å². The normalized spacial score (nSPS) is 12.8. The summed E-state index contributed by atoms with van der Waals surface area (Å²) in [6.45, 7) is 0.791. The number of hydrogen-bond acceptors (Lipinski definition) is 5. The summed E-state index contributed by atoms with van der Waals surface area (Å²) in [5, 5.41) is 11.6. The number of anilines is 1. The van der Waals surface area contributed by atoms with Crippen molar-refractivity contribution in [1.29, 1.82) is 0 Å². The lowest BCUT2D eigenvalue weighted by molar-refractivity contribution is 0.653. The molecule has 1 aliphatic rings. The summed E-state index contributed by atoms with van der Waals surface area (Å²) in [6, 6.07) is 44.8. The zero-order valence-corrected chi connectivity index (χ0v) is 26.8. The molecular weight excluding hydrogens is 615 g/mol. The second kappa shape index (κ2) is 10.4. The summed E-state index contributed by atoms with van der Waals surface area (Å²) in [4.78, 5) is 15.5. The Hall–Kier alpha value is -6.79.